The number of amides is 3. The van der Waals surface area contributed by atoms with Crippen LogP contribution in [0, 0.1) is 5.92 Å². The summed E-state index contributed by atoms with van der Waals surface area (Å²) in [6.07, 6.45) is 0.0620. The number of carbonyl (C=O) groups is 3. The molecule has 1 unspecified atom stereocenters. The minimum Gasteiger partial charge on any atom is -0.495 e. The van der Waals surface area contributed by atoms with E-state index >= 15 is 0 Å². The van der Waals surface area contributed by atoms with Crippen LogP contribution in [0.4, 0.5) is 11.4 Å². The predicted octanol–water partition coefficient (Wildman–Crippen LogP) is 2.82. The van der Waals surface area contributed by atoms with Crippen molar-refractivity contribution in [2.45, 2.75) is 6.42 Å². The van der Waals surface area contributed by atoms with Crippen molar-refractivity contribution in [2.75, 3.05) is 51.7 Å². The van der Waals surface area contributed by atoms with Crippen molar-refractivity contribution in [3.63, 3.8) is 0 Å². The SMILES string of the molecule is COc1cc(OC)c(N2CC(C(=O)Nc3ccc(OCC(=O)N(C)C)cc3)CC2=O)cc1Cl. The number of carbonyl (C=O) groups excluding carboxylic acids is 3. The summed E-state index contributed by atoms with van der Waals surface area (Å²) in [6, 6.07) is 9.87. The van der Waals surface area contributed by atoms with Crippen molar-refractivity contribution in [3.05, 3.63) is 41.4 Å². The van der Waals surface area contributed by atoms with Crippen molar-refractivity contribution < 1.29 is 28.6 Å². The number of rotatable bonds is 8. The van der Waals surface area contributed by atoms with Gasteiger partial charge in [-0.05, 0) is 30.3 Å². The van der Waals surface area contributed by atoms with Crippen LogP contribution in [0.2, 0.25) is 5.02 Å². The molecule has 0 bridgehead atoms. The molecule has 0 aliphatic carbocycles. The number of hydrogen-bond acceptors (Lipinski definition) is 6. The highest BCUT2D eigenvalue weighted by atomic mass is 35.5. The molecule has 0 aromatic heterocycles. The summed E-state index contributed by atoms with van der Waals surface area (Å²) in [6.45, 7) is 0.120. The largest absolute Gasteiger partial charge is 0.495 e. The molecule has 176 valence electrons. The summed E-state index contributed by atoms with van der Waals surface area (Å²) in [5, 5.41) is 3.16. The molecule has 1 N–H and O–H groups in total. The molecule has 0 saturated carbocycles. The molecule has 0 radical (unpaired) electrons. The van der Waals surface area contributed by atoms with Crippen LogP contribution >= 0.6 is 11.6 Å². The van der Waals surface area contributed by atoms with Gasteiger partial charge in [-0.15, -0.1) is 0 Å². The molecule has 9 nitrogen and oxygen atoms in total. The summed E-state index contributed by atoms with van der Waals surface area (Å²) in [4.78, 5) is 40.0. The maximum atomic E-state index is 12.8. The first-order valence-electron chi connectivity index (χ1n) is 10.2. The van der Waals surface area contributed by atoms with Gasteiger partial charge in [0.25, 0.3) is 5.91 Å². The van der Waals surface area contributed by atoms with E-state index in [-0.39, 0.29) is 37.3 Å². The van der Waals surface area contributed by atoms with Crippen LogP contribution in [0.5, 0.6) is 17.2 Å². The summed E-state index contributed by atoms with van der Waals surface area (Å²) in [5.41, 5.74) is 1.04. The van der Waals surface area contributed by atoms with Crippen LogP contribution in [0.15, 0.2) is 36.4 Å². The van der Waals surface area contributed by atoms with Gasteiger partial charge in [-0.3, -0.25) is 14.4 Å². The van der Waals surface area contributed by atoms with Gasteiger partial charge in [0.1, 0.15) is 17.2 Å². The van der Waals surface area contributed by atoms with Crippen molar-refractivity contribution in [1.82, 2.24) is 4.90 Å². The van der Waals surface area contributed by atoms with Gasteiger partial charge in [-0.2, -0.15) is 0 Å². The molecular weight excluding hydrogens is 450 g/mol. The standard InChI is InChI=1S/C23H26ClN3O6/c1-26(2)22(29)13-33-16-7-5-15(6-8-16)25-23(30)14-9-21(28)27(12-14)18-10-17(24)19(31-3)11-20(18)32-4/h5-8,10-11,14H,9,12-13H2,1-4H3,(H,25,30). The lowest BCUT2D eigenvalue weighted by Gasteiger charge is -2.21. The number of nitrogens with one attached hydrogen (secondary N) is 1. The lowest BCUT2D eigenvalue weighted by Crippen LogP contribution is -2.28. The number of ether oxygens (including phenoxy) is 3. The second-order valence-corrected chi connectivity index (χ2v) is 8.06. The smallest absolute Gasteiger partial charge is 0.259 e. The molecular formula is C23H26ClN3O6. The van der Waals surface area contributed by atoms with Gasteiger partial charge in [0.05, 0.1) is 30.8 Å². The predicted molar refractivity (Wildman–Crippen MR) is 124 cm³/mol. The Morgan fingerprint density at radius 1 is 1.12 bits per heavy atom. The van der Waals surface area contributed by atoms with Crippen LogP contribution in [0.3, 0.4) is 0 Å². The summed E-state index contributed by atoms with van der Waals surface area (Å²) in [7, 11) is 6.28. The van der Waals surface area contributed by atoms with Gasteiger partial charge in [0, 0.05) is 38.8 Å². The zero-order valence-corrected chi connectivity index (χ0v) is 19.6. The Balaban J connectivity index is 1.64. The molecule has 2 aromatic carbocycles. The number of likely N-dealkylation sites (N-methyl/N-ethyl adjacent to an activating group) is 1. The Labute approximate surface area is 197 Å². The number of hydrogen-bond donors (Lipinski definition) is 1. The monoisotopic (exact) mass is 475 g/mol. The van der Waals surface area contributed by atoms with E-state index in [4.69, 9.17) is 25.8 Å². The molecule has 2 aromatic rings. The maximum Gasteiger partial charge on any atom is 0.259 e. The minimum absolute atomic E-state index is 0.0620. The Morgan fingerprint density at radius 3 is 2.39 bits per heavy atom. The quantitative estimate of drug-likeness (QED) is 0.630. The molecule has 3 amide bonds. The second-order valence-electron chi connectivity index (χ2n) is 7.65. The molecule has 3 rings (SSSR count). The summed E-state index contributed by atoms with van der Waals surface area (Å²) < 4.78 is 16.0. The number of nitrogens with zero attached hydrogens (tertiary/aromatic N) is 2. The van der Waals surface area contributed by atoms with E-state index in [2.05, 4.69) is 5.32 Å². The summed E-state index contributed by atoms with van der Waals surface area (Å²) >= 11 is 6.23. The van der Waals surface area contributed by atoms with Crippen molar-refractivity contribution in [3.8, 4) is 17.2 Å². The molecule has 1 fully saturated rings. The van der Waals surface area contributed by atoms with Gasteiger partial charge in [-0.25, -0.2) is 0 Å². The van der Waals surface area contributed by atoms with Crippen LogP contribution in [-0.4, -0.2) is 64.1 Å². The topological polar surface area (TPSA) is 97.4 Å². The minimum atomic E-state index is -0.545. The molecule has 1 aliphatic heterocycles. The highest BCUT2D eigenvalue weighted by Crippen LogP contribution is 2.40. The average molecular weight is 476 g/mol. The highest BCUT2D eigenvalue weighted by Gasteiger charge is 2.36. The molecule has 33 heavy (non-hydrogen) atoms. The number of anilines is 2. The fourth-order valence-electron chi connectivity index (χ4n) is 3.32. The molecule has 0 spiro atoms. The first-order valence-corrected chi connectivity index (χ1v) is 10.6. The highest BCUT2D eigenvalue weighted by molar-refractivity contribution is 6.32. The maximum absolute atomic E-state index is 12.8. The van der Waals surface area contributed by atoms with Gasteiger partial charge >= 0.3 is 0 Å². The number of methoxy groups -OCH3 is 2. The van der Waals surface area contributed by atoms with Crippen LogP contribution in [0.25, 0.3) is 0 Å². The second kappa shape index (κ2) is 10.4. The third kappa shape index (κ3) is 5.67. The zero-order valence-electron chi connectivity index (χ0n) is 18.9. The number of halogens is 1. The first kappa shape index (κ1) is 24.2. The lowest BCUT2D eigenvalue weighted by atomic mass is 10.1. The van der Waals surface area contributed by atoms with Crippen molar-refractivity contribution >= 4 is 40.7 Å². The van der Waals surface area contributed by atoms with Crippen LogP contribution in [0.1, 0.15) is 6.42 Å². The first-order chi connectivity index (χ1) is 15.7. The Kier molecular flexibility index (Phi) is 7.65. The number of benzene rings is 2. The van der Waals surface area contributed by atoms with E-state index in [1.54, 1.807) is 50.5 Å². The Bertz CT molecular complexity index is 1040. The summed E-state index contributed by atoms with van der Waals surface area (Å²) in [5.74, 6) is 0.179. The third-order valence-electron chi connectivity index (χ3n) is 5.22. The van der Waals surface area contributed by atoms with Gasteiger partial charge in [-0.1, -0.05) is 11.6 Å². The van der Waals surface area contributed by atoms with Crippen molar-refractivity contribution in [2.24, 2.45) is 5.92 Å². The third-order valence-corrected chi connectivity index (χ3v) is 5.52. The van der Waals surface area contributed by atoms with Crippen LogP contribution < -0.4 is 24.4 Å². The van der Waals surface area contributed by atoms with E-state index in [1.165, 1.54) is 24.0 Å². The fraction of sp³-hybridized carbons (Fsp3) is 0.348. The molecule has 10 heteroatoms. The van der Waals surface area contributed by atoms with E-state index in [1.807, 2.05) is 0 Å². The molecule has 1 heterocycles. The van der Waals surface area contributed by atoms with Gasteiger partial charge < -0.3 is 29.3 Å². The van der Waals surface area contributed by atoms with Gasteiger partial charge in [0.2, 0.25) is 11.8 Å². The average Bonchev–Trinajstić information content (AvgIpc) is 3.19. The van der Waals surface area contributed by atoms with E-state index in [0.29, 0.717) is 33.6 Å². The van der Waals surface area contributed by atoms with E-state index in [9.17, 15) is 14.4 Å². The Hall–Kier alpha value is -3.46. The van der Waals surface area contributed by atoms with E-state index < -0.39 is 5.92 Å². The Morgan fingerprint density at radius 2 is 1.79 bits per heavy atom. The fourth-order valence-corrected chi connectivity index (χ4v) is 3.56. The molecule has 1 saturated heterocycles. The van der Waals surface area contributed by atoms with Crippen molar-refractivity contribution in [1.29, 1.82) is 0 Å². The zero-order chi connectivity index (χ0) is 24.1. The molecule has 1 atom stereocenters. The lowest BCUT2D eigenvalue weighted by molar-refractivity contribution is -0.130. The van der Waals surface area contributed by atoms with Gasteiger partial charge in [0.15, 0.2) is 6.61 Å². The van der Waals surface area contributed by atoms with Crippen LogP contribution in [-0.2, 0) is 14.4 Å². The molecule has 1 aliphatic rings. The van der Waals surface area contributed by atoms with E-state index in [0.717, 1.165) is 0 Å². The normalized spacial score (nSPS) is 15.2.